The normalized spacial score (nSPS) is 13.3. The van der Waals surface area contributed by atoms with Crippen LogP contribution in [-0.4, -0.2) is 38.6 Å². The number of hydrogen-bond donors (Lipinski definition) is 1. The smallest absolute Gasteiger partial charge is 0.244 e. The first kappa shape index (κ1) is 14.1. The van der Waals surface area contributed by atoms with Crippen molar-refractivity contribution in [2.75, 3.05) is 0 Å². The first-order valence-corrected chi connectivity index (χ1v) is 7.37. The summed E-state index contributed by atoms with van der Waals surface area (Å²) in [5, 5.41) is 14.2. The summed E-state index contributed by atoms with van der Waals surface area (Å²) < 4.78 is 0. The molecule has 0 aliphatic carbocycles. The molecule has 4 rings (SSSR count). The van der Waals surface area contributed by atoms with E-state index in [1.54, 1.807) is 0 Å². The van der Waals surface area contributed by atoms with Gasteiger partial charge in [-0.2, -0.15) is 15.2 Å². The Kier molecular flexibility index (Phi) is 3.51. The fourth-order valence-electron chi connectivity index (χ4n) is 2.61. The topological polar surface area (TPSA) is 96.2 Å². The molecule has 24 heavy (non-hydrogen) atoms. The molecule has 0 saturated carbocycles. The molecular weight excluding hydrogens is 304 g/mol. The molecule has 1 N–H and O–H groups in total. The van der Waals surface area contributed by atoms with Crippen LogP contribution in [0.4, 0.5) is 4.79 Å². The Morgan fingerprint density at radius 2 is 1.75 bits per heavy atom. The number of nitrogens with zero attached hydrogens (tertiary/aromatic N) is 5. The number of H-pyrrole nitrogens is 1. The number of carbonyl (C=O) groups is 1. The van der Waals surface area contributed by atoms with E-state index in [0.717, 1.165) is 22.3 Å². The summed E-state index contributed by atoms with van der Waals surface area (Å²) in [4.78, 5) is 18.5. The van der Waals surface area contributed by atoms with Crippen molar-refractivity contribution in [3.8, 4) is 22.5 Å². The van der Waals surface area contributed by atoms with Gasteiger partial charge in [-0.25, -0.2) is 4.79 Å². The highest BCUT2D eigenvalue weighted by atomic mass is 16.2. The average Bonchev–Trinajstić information content (AvgIpc) is 3.28. The minimum Gasteiger partial charge on any atom is -0.244 e. The lowest BCUT2D eigenvalue weighted by Gasteiger charge is -2.07. The second-order valence-corrected chi connectivity index (χ2v) is 5.30. The van der Waals surface area contributed by atoms with E-state index in [2.05, 4.69) is 30.6 Å². The number of tetrazole rings is 1. The van der Waals surface area contributed by atoms with Gasteiger partial charge in [-0.3, -0.25) is 0 Å². The number of aliphatic imine (C=N–C) groups is 2. The highest BCUT2D eigenvalue weighted by Gasteiger charge is 2.12. The van der Waals surface area contributed by atoms with Crippen LogP contribution in [0.15, 0.2) is 58.5 Å². The molecule has 0 atom stereocenters. The number of aromatic amines is 1. The van der Waals surface area contributed by atoms with Crippen LogP contribution < -0.4 is 0 Å². The average molecular weight is 316 g/mol. The van der Waals surface area contributed by atoms with Crippen LogP contribution in [0.3, 0.4) is 0 Å². The molecule has 1 aliphatic rings. The minimum atomic E-state index is -0.435. The number of hydrogen-bond acceptors (Lipinski definition) is 4. The predicted molar refractivity (Wildman–Crippen MR) is 90.1 cm³/mol. The molecule has 0 fully saturated rings. The van der Waals surface area contributed by atoms with Crippen molar-refractivity contribution in [3.05, 3.63) is 54.1 Å². The van der Waals surface area contributed by atoms with Gasteiger partial charge in [0, 0.05) is 12.0 Å². The molecule has 0 radical (unpaired) electrons. The first-order valence-electron chi connectivity index (χ1n) is 7.37. The van der Waals surface area contributed by atoms with E-state index < -0.39 is 6.03 Å². The van der Waals surface area contributed by atoms with Gasteiger partial charge in [0.25, 0.3) is 0 Å². The summed E-state index contributed by atoms with van der Waals surface area (Å²) in [6.45, 7) is 0. The molecule has 2 heterocycles. The highest BCUT2D eigenvalue weighted by molar-refractivity contribution is 6.37. The lowest BCUT2D eigenvalue weighted by Crippen LogP contribution is -2.01. The molecule has 116 valence electrons. The van der Waals surface area contributed by atoms with Crippen LogP contribution in [0.25, 0.3) is 22.5 Å². The summed E-state index contributed by atoms with van der Waals surface area (Å²) >= 11 is 0. The molecule has 0 bridgehead atoms. The first-order chi connectivity index (χ1) is 11.8. The fraction of sp³-hybridized carbons (Fsp3) is 0.0588. The van der Waals surface area contributed by atoms with Gasteiger partial charge in [0.2, 0.25) is 5.82 Å². The standard InChI is InChI=1S/C17H12N6O/c24-17-18-10-13(19-17)9-11-5-7-12(8-6-11)14-3-1-2-4-15(14)16-20-22-23-21-16/h1-8,10H,9H2,(H,20,21,22,23). The molecule has 0 spiro atoms. The predicted octanol–water partition coefficient (Wildman–Crippen LogP) is 2.72. The third-order valence-electron chi connectivity index (χ3n) is 3.73. The number of amides is 2. The Labute approximate surface area is 137 Å². The quantitative estimate of drug-likeness (QED) is 0.800. The number of benzene rings is 2. The Morgan fingerprint density at radius 3 is 2.42 bits per heavy atom. The van der Waals surface area contributed by atoms with Gasteiger partial charge >= 0.3 is 6.03 Å². The van der Waals surface area contributed by atoms with Crippen LogP contribution >= 0.6 is 0 Å². The molecule has 1 aliphatic heterocycles. The number of rotatable bonds is 4. The molecule has 7 nitrogen and oxygen atoms in total. The molecule has 2 aromatic carbocycles. The summed E-state index contributed by atoms with van der Waals surface area (Å²) in [5.41, 5.74) is 4.74. The van der Waals surface area contributed by atoms with Gasteiger partial charge in [0.05, 0.1) is 11.9 Å². The maximum Gasteiger partial charge on any atom is 0.367 e. The van der Waals surface area contributed by atoms with E-state index in [4.69, 9.17) is 0 Å². The van der Waals surface area contributed by atoms with E-state index in [1.165, 1.54) is 6.21 Å². The van der Waals surface area contributed by atoms with E-state index in [9.17, 15) is 4.79 Å². The van der Waals surface area contributed by atoms with Crippen molar-refractivity contribution in [1.82, 2.24) is 20.6 Å². The van der Waals surface area contributed by atoms with E-state index >= 15 is 0 Å². The van der Waals surface area contributed by atoms with Crippen LogP contribution in [0.2, 0.25) is 0 Å². The minimum absolute atomic E-state index is 0.435. The third-order valence-corrected chi connectivity index (χ3v) is 3.73. The molecule has 3 aromatic rings. The van der Waals surface area contributed by atoms with E-state index in [0.29, 0.717) is 18.0 Å². The van der Waals surface area contributed by atoms with Crippen LogP contribution in [0.5, 0.6) is 0 Å². The molecule has 1 aromatic heterocycles. The van der Waals surface area contributed by atoms with Gasteiger partial charge in [0.15, 0.2) is 0 Å². The number of urea groups is 1. The zero-order valence-corrected chi connectivity index (χ0v) is 12.5. The zero-order chi connectivity index (χ0) is 16.4. The van der Waals surface area contributed by atoms with Crippen LogP contribution in [0.1, 0.15) is 5.56 Å². The van der Waals surface area contributed by atoms with Crippen LogP contribution in [-0.2, 0) is 6.42 Å². The van der Waals surface area contributed by atoms with E-state index in [-0.39, 0.29) is 0 Å². The largest absolute Gasteiger partial charge is 0.367 e. The Balaban J connectivity index is 1.63. The summed E-state index contributed by atoms with van der Waals surface area (Å²) in [6.07, 6.45) is 2.10. The second kappa shape index (κ2) is 5.96. The van der Waals surface area contributed by atoms with Crippen molar-refractivity contribution in [3.63, 3.8) is 0 Å². The van der Waals surface area contributed by atoms with E-state index in [1.807, 2.05) is 48.5 Å². The molecule has 0 saturated heterocycles. The second-order valence-electron chi connectivity index (χ2n) is 5.30. The molecule has 7 heteroatoms. The maximum absolute atomic E-state index is 11.0. The van der Waals surface area contributed by atoms with Gasteiger partial charge < -0.3 is 0 Å². The van der Waals surface area contributed by atoms with Gasteiger partial charge in [-0.15, -0.1) is 10.2 Å². The van der Waals surface area contributed by atoms with Crippen molar-refractivity contribution in [2.45, 2.75) is 6.42 Å². The number of carbonyl (C=O) groups excluding carboxylic acids is 1. The molecular formula is C17H12N6O. The molecule has 0 unspecified atom stereocenters. The third kappa shape index (κ3) is 2.74. The summed E-state index contributed by atoms with van der Waals surface area (Å²) in [5.74, 6) is 0.560. The maximum atomic E-state index is 11.0. The number of nitrogens with one attached hydrogen (secondary N) is 1. The fourth-order valence-corrected chi connectivity index (χ4v) is 2.61. The zero-order valence-electron chi connectivity index (χ0n) is 12.5. The Hall–Kier alpha value is -3.48. The molecule has 2 amide bonds. The van der Waals surface area contributed by atoms with Crippen molar-refractivity contribution in [2.24, 2.45) is 9.98 Å². The lowest BCUT2D eigenvalue weighted by atomic mass is 9.97. The summed E-state index contributed by atoms with van der Waals surface area (Å²) in [6, 6.07) is 15.6. The number of aromatic nitrogens is 4. The lowest BCUT2D eigenvalue weighted by molar-refractivity contribution is 0.257. The monoisotopic (exact) mass is 316 g/mol. The highest BCUT2D eigenvalue weighted by Crippen LogP contribution is 2.29. The summed E-state index contributed by atoms with van der Waals surface area (Å²) in [7, 11) is 0. The SMILES string of the molecule is O=C1N=CC(Cc2ccc(-c3ccccc3-c3nn[nH]n3)cc2)=N1. The Bertz CT molecular complexity index is 941. The van der Waals surface area contributed by atoms with Crippen molar-refractivity contribution < 1.29 is 4.79 Å². The van der Waals surface area contributed by atoms with Gasteiger partial charge in [-0.1, -0.05) is 48.5 Å². The van der Waals surface area contributed by atoms with Crippen molar-refractivity contribution in [1.29, 1.82) is 0 Å². The van der Waals surface area contributed by atoms with Crippen molar-refractivity contribution >= 4 is 18.0 Å². The van der Waals surface area contributed by atoms with Crippen LogP contribution in [0, 0.1) is 0 Å². The Morgan fingerprint density at radius 1 is 0.958 bits per heavy atom. The van der Waals surface area contributed by atoms with Gasteiger partial charge in [-0.05, 0) is 21.9 Å². The van der Waals surface area contributed by atoms with Gasteiger partial charge in [0.1, 0.15) is 0 Å².